The molecule has 0 radical (unpaired) electrons. The highest BCUT2D eigenvalue weighted by Crippen LogP contribution is 2.73. The summed E-state index contributed by atoms with van der Waals surface area (Å²) in [5.41, 5.74) is 0.232. The Hall–Kier alpha value is -0.380. The molecule has 3 nitrogen and oxygen atoms in total. The molecule has 7 aliphatic rings. The number of ether oxygens (including phenoxy) is 1. The summed E-state index contributed by atoms with van der Waals surface area (Å²) in [4.78, 5) is 0. The zero-order valence-corrected chi connectivity index (χ0v) is 18.7. The van der Waals surface area contributed by atoms with Gasteiger partial charge in [0.05, 0.1) is 11.2 Å². The Labute approximate surface area is 170 Å². The predicted octanol–water partition coefficient (Wildman–Crippen LogP) is 4.92. The van der Waals surface area contributed by atoms with E-state index in [1.165, 1.54) is 5.57 Å². The van der Waals surface area contributed by atoms with Gasteiger partial charge >= 0.3 is 0 Å². The Kier molecular flexibility index (Phi) is 3.95. The highest BCUT2D eigenvalue weighted by Gasteiger charge is 2.71. The Morgan fingerprint density at radius 1 is 0.857 bits per heavy atom. The lowest BCUT2D eigenvalue weighted by atomic mass is 9.34. The van der Waals surface area contributed by atoms with Gasteiger partial charge in [0.15, 0.2) is 6.29 Å². The number of hydrogen-bond donors (Lipinski definition) is 2. The SMILES string of the molecule is CC(C)=CC(C)([C@H](O)OC12CC3C4CC5(O)CC3C(C1)C(C5)C4C2)C(C)(C)C. The molecule has 7 fully saturated rings. The van der Waals surface area contributed by atoms with E-state index in [-0.39, 0.29) is 16.6 Å². The number of rotatable bonds is 4. The molecule has 7 aliphatic carbocycles. The molecule has 158 valence electrons. The maximum Gasteiger partial charge on any atom is 0.164 e. The van der Waals surface area contributed by atoms with Crippen LogP contribution in [0.4, 0.5) is 0 Å². The van der Waals surface area contributed by atoms with Gasteiger partial charge in [-0.25, -0.2) is 0 Å². The Balaban J connectivity index is 1.43. The lowest BCUT2D eigenvalue weighted by Gasteiger charge is -2.73. The quantitative estimate of drug-likeness (QED) is 0.531. The van der Waals surface area contributed by atoms with Gasteiger partial charge in [-0.1, -0.05) is 39.3 Å². The van der Waals surface area contributed by atoms with Gasteiger partial charge in [0, 0.05) is 5.41 Å². The third kappa shape index (κ3) is 2.51. The molecule has 0 aromatic rings. The number of hydrogen-bond acceptors (Lipinski definition) is 3. The van der Waals surface area contributed by atoms with Crippen LogP contribution in [-0.4, -0.2) is 27.7 Å². The maximum absolute atomic E-state index is 11.4. The van der Waals surface area contributed by atoms with E-state index in [1.54, 1.807) is 0 Å². The molecular formula is C25H40O3. The summed E-state index contributed by atoms with van der Waals surface area (Å²) in [5, 5.41) is 22.4. The van der Waals surface area contributed by atoms with Crippen molar-refractivity contribution in [1.29, 1.82) is 0 Å². The molecule has 0 spiro atoms. The summed E-state index contributed by atoms with van der Waals surface area (Å²) < 4.78 is 6.75. The topological polar surface area (TPSA) is 49.7 Å². The van der Waals surface area contributed by atoms with Crippen LogP contribution in [0.2, 0.25) is 0 Å². The van der Waals surface area contributed by atoms with E-state index in [2.05, 4.69) is 47.6 Å². The lowest BCUT2D eigenvalue weighted by molar-refractivity contribution is -0.335. The Morgan fingerprint density at radius 3 is 1.61 bits per heavy atom. The van der Waals surface area contributed by atoms with Gasteiger partial charge in [0.1, 0.15) is 0 Å². The molecule has 2 atom stereocenters. The molecule has 0 heterocycles. The third-order valence-electron chi connectivity index (χ3n) is 10.0. The fraction of sp³-hybridized carbons (Fsp3) is 0.920. The van der Waals surface area contributed by atoms with Gasteiger partial charge in [-0.05, 0) is 93.3 Å². The molecule has 0 aromatic heterocycles. The van der Waals surface area contributed by atoms with E-state index in [0.717, 1.165) is 38.5 Å². The molecule has 8 bridgehead atoms. The monoisotopic (exact) mass is 388 g/mol. The average molecular weight is 389 g/mol. The minimum absolute atomic E-state index is 0.0903. The number of aliphatic hydroxyl groups is 2. The molecule has 0 aliphatic heterocycles. The van der Waals surface area contributed by atoms with Gasteiger partial charge in [-0.15, -0.1) is 0 Å². The first-order valence-electron chi connectivity index (χ1n) is 11.6. The van der Waals surface area contributed by atoms with Crippen molar-refractivity contribution in [2.75, 3.05) is 0 Å². The fourth-order valence-corrected chi connectivity index (χ4v) is 8.59. The fourth-order valence-electron chi connectivity index (χ4n) is 8.59. The normalized spacial score (nSPS) is 51.3. The summed E-state index contributed by atoms with van der Waals surface area (Å²) in [6, 6.07) is 0. The van der Waals surface area contributed by atoms with E-state index >= 15 is 0 Å². The zero-order valence-electron chi connectivity index (χ0n) is 18.7. The highest BCUT2D eigenvalue weighted by atomic mass is 16.6. The maximum atomic E-state index is 11.4. The minimum Gasteiger partial charge on any atom is -0.390 e. The van der Waals surface area contributed by atoms with Crippen molar-refractivity contribution in [2.24, 2.45) is 46.3 Å². The first-order chi connectivity index (χ1) is 12.9. The molecular weight excluding hydrogens is 348 g/mol. The number of allylic oxidation sites excluding steroid dienone is 1. The molecule has 0 amide bonds. The van der Waals surface area contributed by atoms with Crippen LogP contribution < -0.4 is 0 Å². The van der Waals surface area contributed by atoms with Crippen molar-refractivity contribution in [2.45, 2.75) is 97.6 Å². The summed E-state index contributed by atoms with van der Waals surface area (Å²) in [6.07, 6.45) is 7.82. The predicted molar refractivity (Wildman–Crippen MR) is 110 cm³/mol. The van der Waals surface area contributed by atoms with Crippen molar-refractivity contribution in [3.8, 4) is 0 Å². The molecule has 28 heavy (non-hydrogen) atoms. The van der Waals surface area contributed by atoms with Crippen molar-refractivity contribution in [3.05, 3.63) is 11.6 Å². The average Bonchev–Trinajstić information content (AvgIpc) is 2.56. The largest absolute Gasteiger partial charge is 0.390 e. The molecule has 2 N–H and O–H groups in total. The summed E-state index contributed by atoms with van der Waals surface area (Å²) >= 11 is 0. The van der Waals surface area contributed by atoms with Crippen LogP contribution in [0.25, 0.3) is 0 Å². The van der Waals surface area contributed by atoms with Crippen molar-refractivity contribution in [3.63, 3.8) is 0 Å². The zero-order chi connectivity index (χ0) is 20.3. The first kappa shape index (κ1) is 19.6. The Morgan fingerprint density at radius 2 is 1.25 bits per heavy atom. The molecule has 1 unspecified atom stereocenters. The van der Waals surface area contributed by atoms with Crippen LogP contribution in [0, 0.1) is 46.3 Å². The smallest absolute Gasteiger partial charge is 0.164 e. The van der Waals surface area contributed by atoms with Crippen molar-refractivity contribution < 1.29 is 14.9 Å². The number of aliphatic hydroxyl groups excluding tert-OH is 1. The molecule has 3 heteroatoms. The summed E-state index contributed by atoms with van der Waals surface area (Å²) in [5.74, 6) is 4.27. The van der Waals surface area contributed by atoms with Crippen LogP contribution in [0.3, 0.4) is 0 Å². The van der Waals surface area contributed by atoms with Crippen LogP contribution >= 0.6 is 0 Å². The van der Waals surface area contributed by atoms with Crippen LogP contribution in [-0.2, 0) is 4.74 Å². The van der Waals surface area contributed by atoms with Crippen LogP contribution in [0.5, 0.6) is 0 Å². The van der Waals surface area contributed by atoms with E-state index in [1.807, 2.05) is 0 Å². The highest BCUT2D eigenvalue weighted by molar-refractivity contribution is 5.21. The third-order valence-corrected chi connectivity index (χ3v) is 10.0. The lowest BCUT2D eigenvalue weighted by Crippen LogP contribution is -2.72. The second-order valence-corrected chi connectivity index (χ2v) is 12.8. The Bertz CT molecular complexity index is 634. The van der Waals surface area contributed by atoms with E-state index in [0.29, 0.717) is 35.5 Å². The first-order valence-corrected chi connectivity index (χ1v) is 11.6. The molecule has 7 saturated carbocycles. The second-order valence-electron chi connectivity index (χ2n) is 12.8. The van der Waals surface area contributed by atoms with E-state index in [4.69, 9.17) is 4.74 Å². The van der Waals surface area contributed by atoms with E-state index in [9.17, 15) is 10.2 Å². The summed E-state index contributed by atoms with van der Waals surface area (Å²) in [6.45, 7) is 13.0. The minimum atomic E-state index is -0.781. The molecule has 0 aromatic carbocycles. The van der Waals surface area contributed by atoms with Gasteiger partial charge in [0.25, 0.3) is 0 Å². The molecule has 0 saturated heterocycles. The van der Waals surface area contributed by atoms with Crippen LogP contribution in [0.15, 0.2) is 11.6 Å². The second kappa shape index (κ2) is 5.65. The van der Waals surface area contributed by atoms with Gasteiger partial charge in [0.2, 0.25) is 0 Å². The van der Waals surface area contributed by atoms with Gasteiger partial charge in [-0.2, -0.15) is 0 Å². The van der Waals surface area contributed by atoms with Gasteiger partial charge < -0.3 is 14.9 Å². The van der Waals surface area contributed by atoms with Gasteiger partial charge in [-0.3, -0.25) is 0 Å². The van der Waals surface area contributed by atoms with E-state index < -0.39 is 11.7 Å². The summed E-state index contributed by atoms with van der Waals surface area (Å²) in [7, 11) is 0. The molecule has 7 rings (SSSR count). The van der Waals surface area contributed by atoms with Crippen LogP contribution in [0.1, 0.15) is 80.1 Å². The van der Waals surface area contributed by atoms with Crippen molar-refractivity contribution in [1.82, 2.24) is 0 Å². The standard InChI is InChI=1S/C25H40O3/c1-14(2)7-23(6,22(3,4)5)21(26)28-25-11-18-15-8-24(27)9-16(18)20(13-25)17(10-24)19(15)12-25/h7,15-21,26-27H,8-13H2,1-6H3/t15?,16?,17?,18?,19?,20?,21-,23?,24?,25?/m1/s1. The van der Waals surface area contributed by atoms with Crippen molar-refractivity contribution >= 4 is 0 Å².